The zero-order valence-electron chi connectivity index (χ0n) is 16.6. The lowest BCUT2D eigenvalue weighted by molar-refractivity contribution is -0.119. The number of esters is 1. The number of anilines is 1. The summed E-state index contributed by atoms with van der Waals surface area (Å²) in [5, 5.41) is 2.66. The fraction of sp³-hybridized carbons (Fsp3) is 0.130. The summed E-state index contributed by atoms with van der Waals surface area (Å²) in [5.41, 5.74) is 0.756. The fourth-order valence-electron chi connectivity index (χ4n) is 2.60. The van der Waals surface area contributed by atoms with Gasteiger partial charge < -0.3 is 24.3 Å². The van der Waals surface area contributed by atoms with Gasteiger partial charge in [-0.25, -0.2) is 4.79 Å². The topological polar surface area (TPSA) is 83.1 Å². The maximum absolute atomic E-state index is 12.3. The van der Waals surface area contributed by atoms with Gasteiger partial charge >= 0.3 is 5.97 Å². The van der Waals surface area contributed by atoms with Crippen molar-refractivity contribution >= 4 is 17.6 Å². The van der Waals surface area contributed by atoms with Crippen molar-refractivity contribution in [1.29, 1.82) is 0 Å². The van der Waals surface area contributed by atoms with Gasteiger partial charge in [0.05, 0.1) is 14.2 Å². The van der Waals surface area contributed by atoms with Crippen LogP contribution in [0.4, 0.5) is 5.69 Å². The molecule has 0 fully saturated rings. The minimum Gasteiger partial charge on any atom is -0.497 e. The molecule has 0 heterocycles. The van der Waals surface area contributed by atoms with Crippen LogP contribution in [0.3, 0.4) is 0 Å². The number of hydrogen-bond acceptors (Lipinski definition) is 6. The fourth-order valence-corrected chi connectivity index (χ4v) is 2.60. The molecular weight excluding hydrogens is 386 g/mol. The van der Waals surface area contributed by atoms with Crippen molar-refractivity contribution in [3.63, 3.8) is 0 Å². The van der Waals surface area contributed by atoms with E-state index in [-0.39, 0.29) is 5.56 Å². The SMILES string of the molecule is COc1ccc(C(=O)OCC(=O)Nc2ccc(Oc3ccccc3)cc2)c(OC)c1. The molecule has 0 aromatic heterocycles. The van der Waals surface area contributed by atoms with Gasteiger partial charge in [-0.2, -0.15) is 0 Å². The van der Waals surface area contributed by atoms with E-state index in [1.807, 2.05) is 30.3 Å². The number of carbonyl (C=O) groups excluding carboxylic acids is 2. The first-order valence-corrected chi connectivity index (χ1v) is 9.11. The van der Waals surface area contributed by atoms with Crippen molar-refractivity contribution in [3.05, 3.63) is 78.4 Å². The van der Waals surface area contributed by atoms with Gasteiger partial charge in [0.2, 0.25) is 0 Å². The third kappa shape index (κ3) is 5.51. The molecule has 0 bridgehead atoms. The van der Waals surface area contributed by atoms with E-state index in [9.17, 15) is 9.59 Å². The predicted octanol–water partition coefficient (Wildman–Crippen LogP) is 4.29. The molecule has 0 radical (unpaired) electrons. The minimum absolute atomic E-state index is 0.202. The zero-order chi connectivity index (χ0) is 21.3. The number of para-hydroxylation sites is 1. The maximum Gasteiger partial charge on any atom is 0.342 e. The molecule has 3 aromatic rings. The van der Waals surface area contributed by atoms with E-state index in [1.165, 1.54) is 20.3 Å². The standard InChI is InChI=1S/C23H21NO6/c1-27-19-12-13-20(21(14-19)28-2)23(26)29-15-22(25)24-16-8-10-18(11-9-16)30-17-6-4-3-5-7-17/h3-14H,15H2,1-2H3,(H,24,25). The Morgan fingerprint density at radius 3 is 2.13 bits per heavy atom. The second-order valence-corrected chi connectivity index (χ2v) is 6.13. The summed E-state index contributed by atoms with van der Waals surface area (Å²) >= 11 is 0. The third-order valence-corrected chi connectivity index (χ3v) is 4.08. The van der Waals surface area contributed by atoms with Gasteiger partial charge in [0.25, 0.3) is 5.91 Å². The van der Waals surface area contributed by atoms with Crippen molar-refractivity contribution in [1.82, 2.24) is 0 Å². The molecule has 0 atom stereocenters. The van der Waals surface area contributed by atoms with Gasteiger partial charge in [-0.15, -0.1) is 0 Å². The summed E-state index contributed by atoms with van der Waals surface area (Å²) in [4.78, 5) is 24.4. The van der Waals surface area contributed by atoms with E-state index in [0.29, 0.717) is 22.9 Å². The molecule has 7 heteroatoms. The van der Waals surface area contributed by atoms with E-state index in [0.717, 1.165) is 5.75 Å². The number of benzene rings is 3. The average molecular weight is 407 g/mol. The molecule has 1 amide bonds. The van der Waals surface area contributed by atoms with Crippen molar-refractivity contribution in [2.24, 2.45) is 0 Å². The Balaban J connectivity index is 1.52. The third-order valence-electron chi connectivity index (χ3n) is 4.08. The number of nitrogens with one attached hydrogen (secondary N) is 1. The van der Waals surface area contributed by atoms with E-state index in [1.54, 1.807) is 36.4 Å². The number of amides is 1. The Morgan fingerprint density at radius 2 is 1.47 bits per heavy atom. The van der Waals surface area contributed by atoms with Crippen LogP contribution in [0.5, 0.6) is 23.0 Å². The van der Waals surface area contributed by atoms with Crippen molar-refractivity contribution in [3.8, 4) is 23.0 Å². The lowest BCUT2D eigenvalue weighted by Crippen LogP contribution is -2.21. The Kier molecular flexibility index (Phi) is 6.89. The van der Waals surface area contributed by atoms with Crippen LogP contribution in [0.15, 0.2) is 72.8 Å². The molecule has 7 nitrogen and oxygen atoms in total. The Labute approximate surface area is 174 Å². The van der Waals surface area contributed by atoms with Gasteiger partial charge in [-0.3, -0.25) is 4.79 Å². The predicted molar refractivity (Wildman–Crippen MR) is 111 cm³/mol. The zero-order valence-corrected chi connectivity index (χ0v) is 16.6. The van der Waals surface area contributed by atoms with Crippen LogP contribution in [-0.2, 0) is 9.53 Å². The highest BCUT2D eigenvalue weighted by molar-refractivity contribution is 5.97. The molecule has 3 rings (SSSR count). The largest absolute Gasteiger partial charge is 0.497 e. The number of hydrogen-bond donors (Lipinski definition) is 1. The Hall–Kier alpha value is -4.00. The van der Waals surface area contributed by atoms with Crippen LogP contribution in [0.25, 0.3) is 0 Å². The van der Waals surface area contributed by atoms with Crippen LogP contribution >= 0.6 is 0 Å². The lowest BCUT2D eigenvalue weighted by atomic mass is 10.2. The summed E-state index contributed by atoms with van der Waals surface area (Å²) in [5.74, 6) is 1.06. The molecule has 3 aromatic carbocycles. The summed E-state index contributed by atoms with van der Waals surface area (Å²) in [6.07, 6.45) is 0. The van der Waals surface area contributed by atoms with Gasteiger partial charge in [0.15, 0.2) is 6.61 Å². The van der Waals surface area contributed by atoms with Gasteiger partial charge in [0, 0.05) is 11.8 Å². The number of carbonyl (C=O) groups is 2. The highest BCUT2D eigenvalue weighted by Gasteiger charge is 2.16. The first kappa shape index (κ1) is 20.7. The van der Waals surface area contributed by atoms with Gasteiger partial charge in [-0.05, 0) is 48.5 Å². The van der Waals surface area contributed by atoms with Crippen molar-refractivity contribution in [2.45, 2.75) is 0 Å². The summed E-state index contributed by atoms with van der Waals surface area (Å²) in [7, 11) is 2.95. The summed E-state index contributed by atoms with van der Waals surface area (Å²) in [6.45, 7) is -0.434. The monoisotopic (exact) mass is 407 g/mol. The highest BCUT2D eigenvalue weighted by Crippen LogP contribution is 2.25. The second-order valence-electron chi connectivity index (χ2n) is 6.13. The summed E-state index contributed by atoms with van der Waals surface area (Å²) in [6, 6.07) is 20.9. The molecule has 0 unspecified atom stereocenters. The molecular formula is C23H21NO6. The smallest absolute Gasteiger partial charge is 0.342 e. The van der Waals surface area contributed by atoms with Crippen molar-refractivity contribution in [2.75, 3.05) is 26.1 Å². The molecule has 0 aliphatic rings. The van der Waals surface area contributed by atoms with E-state index in [2.05, 4.69) is 5.32 Å². The van der Waals surface area contributed by atoms with E-state index < -0.39 is 18.5 Å². The first-order chi connectivity index (χ1) is 14.6. The quantitative estimate of drug-likeness (QED) is 0.561. The van der Waals surface area contributed by atoms with Crippen LogP contribution < -0.4 is 19.5 Å². The van der Waals surface area contributed by atoms with Gasteiger partial charge in [-0.1, -0.05) is 18.2 Å². The van der Waals surface area contributed by atoms with Crippen LogP contribution in [-0.4, -0.2) is 32.7 Å². The lowest BCUT2D eigenvalue weighted by Gasteiger charge is -2.11. The number of methoxy groups -OCH3 is 2. The molecule has 30 heavy (non-hydrogen) atoms. The van der Waals surface area contributed by atoms with E-state index >= 15 is 0 Å². The van der Waals surface area contributed by atoms with Gasteiger partial charge in [0.1, 0.15) is 28.6 Å². The Bertz CT molecular complexity index is 1000. The second kappa shape index (κ2) is 9.97. The number of ether oxygens (including phenoxy) is 4. The molecule has 0 saturated carbocycles. The Morgan fingerprint density at radius 1 is 0.800 bits per heavy atom. The summed E-state index contributed by atoms with van der Waals surface area (Å²) < 4.78 is 21.1. The maximum atomic E-state index is 12.3. The molecule has 0 aliphatic carbocycles. The molecule has 0 spiro atoms. The number of rotatable bonds is 8. The molecule has 1 N–H and O–H groups in total. The van der Waals surface area contributed by atoms with Crippen LogP contribution in [0, 0.1) is 0 Å². The first-order valence-electron chi connectivity index (χ1n) is 9.11. The normalized spacial score (nSPS) is 10.1. The molecule has 154 valence electrons. The van der Waals surface area contributed by atoms with E-state index in [4.69, 9.17) is 18.9 Å². The highest BCUT2D eigenvalue weighted by atomic mass is 16.5. The molecule has 0 saturated heterocycles. The van der Waals surface area contributed by atoms with Crippen LogP contribution in [0.1, 0.15) is 10.4 Å². The van der Waals surface area contributed by atoms with Crippen LogP contribution in [0.2, 0.25) is 0 Å². The van der Waals surface area contributed by atoms with Crippen molar-refractivity contribution < 1.29 is 28.5 Å². The molecule has 0 aliphatic heterocycles. The average Bonchev–Trinajstić information content (AvgIpc) is 2.79. The minimum atomic E-state index is -0.670.